The number of nitrogens with zero attached hydrogens (tertiary/aromatic N) is 7. The molecule has 3 heterocycles. The van der Waals surface area contributed by atoms with Crippen LogP contribution in [0.2, 0.25) is 0 Å². The Balaban J connectivity index is 1.42. The Morgan fingerprint density at radius 2 is 1.35 bits per heavy atom. The highest BCUT2D eigenvalue weighted by Gasteiger charge is 2.22. The van der Waals surface area contributed by atoms with Gasteiger partial charge in [-0.15, -0.1) is 0 Å². The van der Waals surface area contributed by atoms with Crippen molar-refractivity contribution >= 4 is 27.5 Å². The number of aliphatic hydroxyl groups excluding tert-OH is 1. The Morgan fingerprint density at radius 1 is 0.727 bits per heavy atom. The minimum atomic E-state index is -3.65. The van der Waals surface area contributed by atoms with Gasteiger partial charge in [-0.2, -0.15) is 9.97 Å². The largest absolute Gasteiger partial charge is 0.497 e. The quantitative estimate of drug-likeness (QED) is 0.126. The van der Waals surface area contributed by atoms with Gasteiger partial charge in [0.15, 0.2) is 5.82 Å². The van der Waals surface area contributed by atoms with Crippen molar-refractivity contribution in [3.63, 3.8) is 0 Å². The zero-order valence-corrected chi connectivity index (χ0v) is 32.2. The predicted octanol–water partition coefficient (Wildman–Crippen LogP) is 5.95. The van der Waals surface area contributed by atoms with Gasteiger partial charge in [-0.05, 0) is 72.1 Å². The van der Waals surface area contributed by atoms with Crippen LogP contribution in [0.3, 0.4) is 0 Å². The number of methoxy groups -OCH3 is 3. The minimum absolute atomic E-state index is 0.113. The van der Waals surface area contributed by atoms with Crippen LogP contribution in [0.25, 0.3) is 11.4 Å². The maximum absolute atomic E-state index is 12.7. The molecule has 0 aliphatic heterocycles. The number of ether oxygens (including phenoxy) is 3. The maximum Gasteiger partial charge on any atom is 0.242 e. The molecule has 0 spiro atoms. The van der Waals surface area contributed by atoms with E-state index in [0.29, 0.717) is 64.8 Å². The molecular weight excluding hydrogens is 721 g/mol. The number of aryl methyl sites for hydroxylation is 1. The molecule has 15 heteroatoms. The number of nitrogens with one attached hydrogen (secondary N) is 1. The third-order valence-corrected chi connectivity index (χ3v) is 10.6. The van der Waals surface area contributed by atoms with E-state index >= 15 is 0 Å². The summed E-state index contributed by atoms with van der Waals surface area (Å²) in [6.45, 7) is 2.74. The SMILES string of the molecule is COc1ccc(CN(Cc2ccc(OC)cc2)c2nc(C)nc(-c3cc(C(O)c4ccc(S(=O)(=O)N(C)C)cc4)cnc3Nc3ccc(OC)nc3)n2)cc1. The molecule has 0 aliphatic rings. The summed E-state index contributed by atoms with van der Waals surface area (Å²) in [6.07, 6.45) is 2.02. The third kappa shape index (κ3) is 9.15. The molecule has 14 nitrogen and oxygen atoms in total. The van der Waals surface area contributed by atoms with Crippen molar-refractivity contribution in [2.24, 2.45) is 0 Å². The smallest absolute Gasteiger partial charge is 0.242 e. The van der Waals surface area contributed by atoms with Crippen molar-refractivity contribution in [2.45, 2.75) is 31.0 Å². The van der Waals surface area contributed by atoms with Gasteiger partial charge >= 0.3 is 0 Å². The molecule has 1 atom stereocenters. The van der Waals surface area contributed by atoms with Gasteiger partial charge in [0.25, 0.3) is 0 Å². The summed E-state index contributed by atoms with van der Waals surface area (Å²) in [7, 11) is 4.09. The van der Waals surface area contributed by atoms with E-state index in [1.165, 1.54) is 26.2 Å². The van der Waals surface area contributed by atoms with E-state index in [9.17, 15) is 13.5 Å². The number of pyridine rings is 2. The van der Waals surface area contributed by atoms with Gasteiger partial charge in [0, 0.05) is 45.0 Å². The van der Waals surface area contributed by atoms with Gasteiger partial charge < -0.3 is 29.5 Å². The maximum atomic E-state index is 12.7. The second-order valence-corrected chi connectivity index (χ2v) is 14.8. The topological polar surface area (TPSA) is 165 Å². The zero-order chi connectivity index (χ0) is 39.1. The van der Waals surface area contributed by atoms with Gasteiger partial charge in [0.1, 0.15) is 29.2 Å². The van der Waals surface area contributed by atoms with Crippen molar-refractivity contribution in [3.8, 4) is 28.8 Å². The highest BCUT2D eigenvalue weighted by Crippen LogP contribution is 2.33. The summed E-state index contributed by atoms with van der Waals surface area (Å²) in [5.74, 6) is 3.57. The van der Waals surface area contributed by atoms with Gasteiger partial charge in [-0.3, -0.25) is 0 Å². The van der Waals surface area contributed by atoms with E-state index in [2.05, 4.69) is 15.2 Å². The van der Waals surface area contributed by atoms with Crippen LogP contribution in [0, 0.1) is 6.92 Å². The predicted molar refractivity (Wildman–Crippen MR) is 209 cm³/mol. The van der Waals surface area contributed by atoms with E-state index in [0.717, 1.165) is 26.9 Å². The lowest BCUT2D eigenvalue weighted by atomic mass is 10.0. The lowest BCUT2D eigenvalue weighted by molar-refractivity contribution is 0.220. The van der Waals surface area contributed by atoms with Crippen LogP contribution in [-0.4, -0.2) is 78.2 Å². The Labute approximate surface area is 320 Å². The molecule has 0 fully saturated rings. The highest BCUT2D eigenvalue weighted by molar-refractivity contribution is 7.89. The van der Waals surface area contributed by atoms with Crippen molar-refractivity contribution < 1.29 is 27.7 Å². The van der Waals surface area contributed by atoms with Crippen molar-refractivity contribution in [2.75, 3.05) is 45.6 Å². The molecule has 3 aromatic heterocycles. The molecule has 0 amide bonds. The fraction of sp³-hybridized carbons (Fsp3) is 0.225. The summed E-state index contributed by atoms with van der Waals surface area (Å²) in [6, 6.07) is 27.0. The van der Waals surface area contributed by atoms with Gasteiger partial charge in [0.2, 0.25) is 21.9 Å². The summed E-state index contributed by atoms with van der Waals surface area (Å²) >= 11 is 0. The van der Waals surface area contributed by atoms with Gasteiger partial charge in [-0.1, -0.05) is 36.4 Å². The molecule has 0 radical (unpaired) electrons. The Bertz CT molecular complexity index is 2280. The number of aliphatic hydroxyl groups is 1. The van der Waals surface area contributed by atoms with Crippen LogP contribution in [-0.2, 0) is 23.1 Å². The molecular formula is C40H42N8O6S. The third-order valence-electron chi connectivity index (χ3n) is 8.73. The van der Waals surface area contributed by atoms with E-state index < -0.39 is 16.1 Å². The van der Waals surface area contributed by atoms with Crippen LogP contribution >= 0.6 is 0 Å². The molecule has 0 saturated heterocycles. The van der Waals surface area contributed by atoms with Gasteiger partial charge in [-0.25, -0.2) is 27.7 Å². The zero-order valence-electron chi connectivity index (χ0n) is 31.3. The van der Waals surface area contributed by atoms with Crippen LogP contribution in [0.15, 0.2) is 108 Å². The van der Waals surface area contributed by atoms with Gasteiger partial charge in [0.05, 0.1) is 43.7 Å². The van der Waals surface area contributed by atoms with Crippen LogP contribution in [0.1, 0.15) is 34.2 Å². The number of aromatic nitrogens is 5. The lowest BCUT2D eigenvalue weighted by Crippen LogP contribution is -2.25. The first-order valence-electron chi connectivity index (χ1n) is 17.2. The first-order chi connectivity index (χ1) is 26.5. The van der Waals surface area contributed by atoms with E-state index in [4.69, 9.17) is 34.1 Å². The normalized spacial score (nSPS) is 11.9. The van der Waals surface area contributed by atoms with Crippen molar-refractivity contribution in [1.82, 2.24) is 29.2 Å². The number of hydrogen-bond acceptors (Lipinski definition) is 13. The van der Waals surface area contributed by atoms with E-state index in [-0.39, 0.29) is 4.90 Å². The Morgan fingerprint density at radius 3 is 1.87 bits per heavy atom. The molecule has 6 aromatic rings. The standard InChI is InChI=1S/C40H42N8O6S/c1-26-43-39(46-40(44-26)48(24-27-7-14-32(52-4)15-8-27)25-28-9-16-33(53-5)17-10-28)35-21-30(22-42-38(35)45-31-13-20-36(54-6)41-23-31)37(49)29-11-18-34(19-12-29)55(50,51)47(2)3/h7-23,37,49H,24-25H2,1-6H3,(H,42,45). The number of anilines is 3. The first kappa shape index (κ1) is 38.6. The highest BCUT2D eigenvalue weighted by atomic mass is 32.2. The average molecular weight is 763 g/mol. The molecule has 0 bridgehead atoms. The number of hydrogen-bond donors (Lipinski definition) is 2. The Hall–Kier alpha value is -6.16. The molecule has 284 valence electrons. The second kappa shape index (κ2) is 16.9. The monoisotopic (exact) mass is 762 g/mol. The fourth-order valence-corrected chi connectivity index (χ4v) is 6.57. The first-order valence-corrected chi connectivity index (χ1v) is 18.6. The Kier molecular flexibility index (Phi) is 11.8. The lowest BCUT2D eigenvalue weighted by Gasteiger charge is -2.24. The van der Waals surface area contributed by atoms with Crippen LogP contribution in [0.5, 0.6) is 17.4 Å². The van der Waals surface area contributed by atoms with E-state index in [1.807, 2.05) is 48.5 Å². The average Bonchev–Trinajstić information content (AvgIpc) is 3.21. The van der Waals surface area contributed by atoms with Crippen molar-refractivity contribution in [1.29, 1.82) is 0 Å². The minimum Gasteiger partial charge on any atom is -0.497 e. The number of benzene rings is 3. The fourth-order valence-electron chi connectivity index (χ4n) is 5.67. The number of rotatable bonds is 15. The van der Waals surface area contributed by atoms with Crippen LogP contribution in [0.4, 0.5) is 17.5 Å². The summed E-state index contributed by atoms with van der Waals surface area (Å²) in [5, 5.41) is 14.9. The van der Waals surface area contributed by atoms with Crippen molar-refractivity contribution in [3.05, 3.63) is 131 Å². The summed E-state index contributed by atoms with van der Waals surface area (Å²) in [5.41, 5.74) is 4.05. The molecule has 55 heavy (non-hydrogen) atoms. The summed E-state index contributed by atoms with van der Waals surface area (Å²) in [4.78, 5) is 25.7. The molecule has 2 N–H and O–H groups in total. The number of sulfonamides is 1. The molecule has 1 unspecified atom stereocenters. The second-order valence-electron chi connectivity index (χ2n) is 12.7. The molecule has 3 aromatic carbocycles. The van der Waals surface area contributed by atoms with E-state index in [1.54, 1.807) is 71.0 Å². The molecule has 6 rings (SSSR count). The van der Waals surface area contributed by atoms with Crippen LogP contribution < -0.4 is 24.4 Å². The summed E-state index contributed by atoms with van der Waals surface area (Å²) < 4.78 is 42.5. The molecule has 0 aliphatic carbocycles. The molecule has 0 saturated carbocycles.